The van der Waals surface area contributed by atoms with Crippen LogP contribution in [0.5, 0.6) is 0 Å². The van der Waals surface area contributed by atoms with Crippen molar-refractivity contribution in [1.29, 1.82) is 0 Å². The molecule has 0 aliphatic heterocycles. The summed E-state index contributed by atoms with van der Waals surface area (Å²) in [5.41, 5.74) is 5.46. The zero-order valence-corrected chi connectivity index (χ0v) is 7.97. The van der Waals surface area contributed by atoms with E-state index in [2.05, 4.69) is 0 Å². The van der Waals surface area contributed by atoms with Crippen LogP contribution >= 0.6 is 0 Å². The number of nitrogens with two attached hydrogens (primary N) is 1. The lowest BCUT2D eigenvalue weighted by atomic mass is 9.81. The fraction of sp³-hybridized carbons (Fsp3) is 0.889. The number of carbonyl (C=O) groups is 1. The van der Waals surface area contributed by atoms with E-state index in [4.69, 9.17) is 5.73 Å². The van der Waals surface area contributed by atoms with Crippen LogP contribution in [0.2, 0.25) is 0 Å². The van der Waals surface area contributed by atoms with Crippen molar-refractivity contribution >= 4 is 5.91 Å². The average molecular weight is 170 g/mol. The number of likely N-dealkylation sites (N-methyl/N-ethyl adjacent to an activating group) is 1. The quantitative estimate of drug-likeness (QED) is 0.630. The van der Waals surface area contributed by atoms with E-state index in [0.29, 0.717) is 0 Å². The van der Waals surface area contributed by atoms with Gasteiger partial charge in [0.2, 0.25) is 5.91 Å². The number of rotatable bonds is 1. The molecule has 0 unspecified atom stereocenters. The molecule has 3 heteroatoms. The first-order valence-corrected chi connectivity index (χ1v) is 4.57. The standard InChI is InChI=1S/C9H18N2O/c1-11(2)8(12)9(10)6-4-3-5-7-9/h3-7,10H2,1-2H3. The zero-order valence-electron chi connectivity index (χ0n) is 7.97. The predicted molar refractivity (Wildman–Crippen MR) is 48.7 cm³/mol. The average Bonchev–Trinajstić information content (AvgIpc) is 2.04. The van der Waals surface area contributed by atoms with Gasteiger partial charge in [-0.05, 0) is 12.8 Å². The number of carbonyl (C=O) groups excluding carboxylic acids is 1. The molecule has 1 fully saturated rings. The third kappa shape index (κ3) is 1.78. The van der Waals surface area contributed by atoms with Crippen LogP contribution in [0.4, 0.5) is 0 Å². The van der Waals surface area contributed by atoms with Gasteiger partial charge >= 0.3 is 0 Å². The highest BCUT2D eigenvalue weighted by Gasteiger charge is 2.36. The van der Waals surface area contributed by atoms with Crippen LogP contribution in [-0.4, -0.2) is 30.4 Å². The molecule has 0 bridgehead atoms. The van der Waals surface area contributed by atoms with Crippen molar-refractivity contribution in [2.75, 3.05) is 14.1 Å². The monoisotopic (exact) mass is 170 g/mol. The Morgan fingerprint density at radius 1 is 1.25 bits per heavy atom. The fourth-order valence-electron chi connectivity index (χ4n) is 1.84. The molecular formula is C9H18N2O. The van der Waals surface area contributed by atoms with E-state index in [1.54, 1.807) is 19.0 Å². The first-order chi connectivity index (χ1) is 5.56. The molecule has 2 N–H and O–H groups in total. The Bertz CT molecular complexity index is 171. The van der Waals surface area contributed by atoms with Crippen molar-refractivity contribution in [3.05, 3.63) is 0 Å². The van der Waals surface area contributed by atoms with Crippen molar-refractivity contribution in [1.82, 2.24) is 4.90 Å². The third-order valence-corrected chi connectivity index (χ3v) is 2.58. The molecule has 1 rings (SSSR count). The van der Waals surface area contributed by atoms with Crippen LogP contribution in [0.15, 0.2) is 0 Å². The molecule has 3 nitrogen and oxygen atoms in total. The number of hydrogen-bond acceptors (Lipinski definition) is 2. The van der Waals surface area contributed by atoms with E-state index >= 15 is 0 Å². The smallest absolute Gasteiger partial charge is 0.242 e. The Kier molecular flexibility index (Phi) is 2.73. The van der Waals surface area contributed by atoms with Crippen LogP contribution in [0, 0.1) is 0 Å². The lowest BCUT2D eigenvalue weighted by Crippen LogP contribution is -2.54. The Morgan fingerprint density at radius 3 is 2.17 bits per heavy atom. The molecule has 0 atom stereocenters. The van der Waals surface area contributed by atoms with Crippen LogP contribution in [-0.2, 0) is 4.79 Å². The Balaban J connectivity index is 2.62. The van der Waals surface area contributed by atoms with Crippen LogP contribution < -0.4 is 5.73 Å². The van der Waals surface area contributed by atoms with Crippen LogP contribution in [0.25, 0.3) is 0 Å². The van der Waals surface area contributed by atoms with Gasteiger partial charge < -0.3 is 10.6 Å². The largest absolute Gasteiger partial charge is 0.347 e. The summed E-state index contributed by atoms with van der Waals surface area (Å²) >= 11 is 0. The molecule has 0 aromatic carbocycles. The highest BCUT2D eigenvalue weighted by atomic mass is 16.2. The minimum atomic E-state index is -0.554. The summed E-state index contributed by atoms with van der Waals surface area (Å²) in [4.78, 5) is 13.2. The van der Waals surface area contributed by atoms with Gasteiger partial charge in [-0.1, -0.05) is 19.3 Å². The van der Waals surface area contributed by atoms with E-state index in [0.717, 1.165) is 25.7 Å². The lowest BCUT2D eigenvalue weighted by Gasteiger charge is -2.33. The Hall–Kier alpha value is -0.570. The maximum absolute atomic E-state index is 11.6. The number of amides is 1. The molecule has 0 radical (unpaired) electrons. The molecule has 1 aliphatic rings. The summed E-state index contributed by atoms with van der Waals surface area (Å²) < 4.78 is 0. The Labute approximate surface area is 73.9 Å². The second-order valence-electron chi connectivity index (χ2n) is 3.92. The normalized spacial score (nSPS) is 21.9. The molecule has 70 valence electrons. The highest BCUT2D eigenvalue weighted by molar-refractivity contribution is 5.85. The van der Waals surface area contributed by atoms with Gasteiger partial charge in [-0.2, -0.15) is 0 Å². The summed E-state index contributed by atoms with van der Waals surface area (Å²) in [5.74, 6) is 0.0854. The lowest BCUT2D eigenvalue weighted by molar-refractivity contribution is -0.135. The topological polar surface area (TPSA) is 46.3 Å². The van der Waals surface area contributed by atoms with Gasteiger partial charge in [-0.3, -0.25) is 4.79 Å². The van der Waals surface area contributed by atoms with Gasteiger partial charge in [-0.25, -0.2) is 0 Å². The van der Waals surface area contributed by atoms with Gasteiger partial charge in [0, 0.05) is 14.1 Å². The van der Waals surface area contributed by atoms with Crippen molar-refractivity contribution in [3.63, 3.8) is 0 Å². The molecule has 12 heavy (non-hydrogen) atoms. The first kappa shape index (κ1) is 9.52. The third-order valence-electron chi connectivity index (χ3n) is 2.58. The second-order valence-corrected chi connectivity index (χ2v) is 3.92. The van der Waals surface area contributed by atoms with E-state index in [9.17, 15) is 4.79 Å². The molecule has 0 saturated heterocycles. The Morgan fingerprint density at radius 2 is 1.75 bits per heavy atom. The van der Waals surface area contributed by atoms with Gasteiger partial charge in [-0.15, -0.1) is 0 Å². The van der Waals surface area contributed by atoms with Gasteiger partial charge in [0.1, 0.15) is 0 Å². The van der Waals surface area contributed by atoms with Crippen LogP contribution in [0.3, 0.4) is 0 Å². The second kappa shape index (κ2) is 3.44. The first-order valence-electron chi connectivity index (χ1n) is 4.57. The summed E-state index contributed by atoms with van der Waals surface area (Å²) in [6, 6.07) is 0. The van der Waals surface area contributed by atoms with Crippen molar-refractivity contribution < 1.29 is 4.79 Å². The van der Waals surface area contributed by atoms with Crippen LogP contribution in [0.1, 0.15) is 32.1 Å². The summed E-state index contributed by atoms with van der Waals surface area (Å²) in [7, 11) is 3.54. The zero-order chi connectivity index (χ0) is 9.19. The SMILES string of the molecule is CN(C)C(=O)C1(N)CCCCC1. The van der Waals surface area contributed by atoms with E-state index < -0.39 is 5.54 Å². The molecule has 1 aliphatic carbocycles. The molecule has 0 spiro atoms. The highest BCUT2D eigenvalue weighted by Crippen LogP contribution is 2.26. The van der Waals surface area contributed by atoms with Gasteiger partial charge in [0.25, 0.3) is 0 Å². The van der Waals surface area contributed by atoms with Gasteiger partial charge in [0.05, 0.1) is 5.54 Å². The van der Waals surface area contributed by atoms with Crippen molar-refractivity contribution in [2.24, 2.45) is 5.73 Å². The molecule has 1 saturated carbocycles. The molecule has 0 heterocycles. The summed E-state index contributed by atoms with van der Waals surface area (Å²) in [6.07, 6.45) is 5.11. The number of nitrogens with zero attached hydrogens (tertiary/aromatic N) is 1. The number of hydrogen-bond donors (Lipinski definition) is 1. The molecule has 0 aromatic rings. The predicted octanol–water partition coefficient (Wildman–Crippen LogP) is 0.736. The minimum Gasteiger partial charge on any atom is -0.347 e. The molecule has 0 aromatic heterocycles. The summed E-state index contributed by atoms with van der Waals surface area (Å²) in [6.45, 7) is 0. The minimum absolute atomic E-state index is 0.0854. The van der Waals surface area contributed by atoms with E-state index in [-0.39, 0.29) is 5.91 Å². The maximum Gasteiger partial charge on any atom is 0.242 e. The van der Waals surface area contributed by atoms with E-state index in [1.807, 2.05) is 0 Å². The van der Waals surface area contributed by atoms with Crippen molar-refractivity contribution in [2.45, 2.75) is 37.6 Å². The van der Waals surface area contributed by atoms with Crippen molar-refractivity contribution in [3.8, 4) is 0 Å². The fourth-order valence-corrected chi connectivity index (χ4v) is 1.84. The summed E-state index contributed by atoms with van der Waals surface area (Å²) in [5, 5.41) is 0. The van der Waals surface area contributed by atoms with Gasteiger partial charge in [0.15, 0.2) is 0 Å². The molecular weight excluding hydrogens is 152 g/mol. The molecule has 1 amide bonds. The van der Waals surface area contributed by atoms with E-state index in [1.165, 1.54) is 6.42 Å². The maximum atomic E-state index is 11.6.